The maximum absolute atomic E-state index is 12.7. The molecule has 7 heteroatoms. The van der Waals surface area contributed by atoms with Gasteiger partial charge in [0.1, 0.15) is 24.0 Å². The van der Waals surface area contributed by atoms with Crippen molar-refractivity contribution < 1.29 is 9.53 Å². The molecule has 0 saturated carbocycles. The summed E-state index contributed by atoms with van der Waals surface area (Å²) < 4.78 is 7.96. The molecule has 0 spiro atoms. The van der Waals surface area contributed by atoms with Crippen molar-refractivity contribution in [1.82, 2.24) is 4.57 Å². The standard InChI is InChI=1S/C30H25Cl2N3O2/c1-19-5-4-6-26(13-19)34-30(36)24(17-33)15-23-14-20(2)35(21(23)3)27-9-11-28(12-10-27)37-18-22-7-8-25(31)16-29(22)32/h4-16H,18H2,1-3H3,(H,34,36)/b24-15-. The van der Waals surface area contributed by atoms with Crippen molar-refractivity contribution in [2.24, 2.45) is 0 Å². The summed E-state index contributed by atoms with van der Waals surface area (Å²) in [5, 5.41) is 13.6. The van der Waals surface area contributed by atoms with Crippen LogP contribution in [0.15, 0.2) is 78.4 Å². The Labute approximate surface area is 226 Å². The highest BCUT2D eigenvalue weighted by atomic mass is 35.5. The van der Waals surface area contributed by atoms with Gasteiger partial charge in [0.05, 0.1) is 0 Å². The van der Waals surface area contributed by atoms with E-state index in [-0.39, 0.29) is 5.57 Å². The predicted octanol–water partition coefficient (Wildman–Crippen LogP) is 7.83. The van der Waals surface area contributed by atoms with Crippen molar-refractivity contribution in [3.05, 3.63) is 116 Å². The monoisotopic (exact) mass is 529 g/mol. The number of halogens is 2. The van der Waals surface area contributed by atoms with E-state index in [2.05, 4.69) is 9.88 Å². The summed E-state index contributed by atoms with van der Waals surface area (Å²) >= 11 is 12.2. The Morgan fingerprint density at radius 3 is 2.46 bits per heavy atom. The molecule has 186 valence electrons. The second-order valence-electron chi connectivity index (χ2n) is 8.67. The normalized spacial score (nSPS) is 11.2. The average Bonchev–Trinajstić information content (AvgIpc) is 3.14. The van der Waals surface area contributed by atoms with Gasteiger partial charge in [0.2, 0.25) is 0 Å². The zero-order valence-corrected chi connectivity index (χ0v) is 22.2. The molecular formula is C30H25Cl2N3O2. The quantitative estimate of drug-likeness (QED) is 0.196. The van der Waals surface area contributed by atoms with Crippen molar-refractivity contribution >= 4 is 40.9 Å². The third-order valence-corrected chi connectivity index (χ3v) is 6.50. The predicted molar refractivity (Wildman–Crippen MR) is 149 cm³/mol. The smallest absolute Gasteiger partial charge is 0.266 e. The van der Waals surface area contributed by atoms with Crippen LogP contribution in [0.4, 0.5) is 5.69 Å². The van der Waals surface area contributed by atoms with Gasteiger partial charge in [-0.25, -0.2) is 0 Å². The van der Waals surface area contributed by atoms with E-state index < -0.39 is 5.91 Å². The molecule has 3 aromatic carbocycles. The lowest BCUT2D eigenvalue weighted by atomic mass is 10.1. The van der Waals surface area contributed by atoms with E-state index in [9.17, 15) is 10.1 Å². The number of amides is 1. The number of carbonyl (C=O) groups is 1. The third kappa shape index (κ3) is 6.24. The van der Waals surface area contributed by atoms with E-state index >= 15 is 0 Å². The van der Waals surface area contributed by atoms with Crippen LogP contribution in [0.5, 0.6) is 5.75 Å². The van der Waals surface area contributed by atoms with Gasteiger partial charge >= 0.3 is 0 Å². The Kier molecular flexibility index (Phi) is 8.03. The lowest BCUT2D eigenvalue weighted by molar-refractivity contribution is -0.112. The third-order valence-electron chi connectivity index (χ3n) is 5.92. The Morgan fingerprint density at radius 2 is 1.78 bits per heavy atom. The summed E-state index contributed by atoms with van der Waals surface area (Å²) in [6, 6.07) is 24.5. The number of nitriles is 1. The number of hydrogen-bond donors (Lipinski definition) is 1. The maximum atomic E-state index is 12.7. The second-order valence-corrected chi connectivity index (χ2v) is 9.52. The molecule has 37 heavy (non-hydrogen) atoms. The van der Waals surface area contributed by atoms with Crippen LogP contribution >= 0.6 is 23.2 Å². The number of rotatable bonds is 7. The number of aryl methyl sites for hydroxylation is 2. The molecule has 1 N–H and O–H groups in total. The fourth-order valence-corrected chi connectivity index (χ4v) is 4.51. The van der Waals surface area contributed by atoms with Gasteiger partial charge < -0.3 is 14.6 Å². The topological polar surface area (TPSA) is 67.0 Å². The van der Waals surface area contributed by atoms with Crippen LogP contribution in [0.3, 0.4) is 0 Å². The van der Waals surface area contributed by atoms with E-state index in [4.69, 9.17) is 27.9 Å². The summed E-state index contributed by atoms with van der Waals surface area (Å²) in [6.07, 6.45) is 1.62. The Bertz CT molecular complexity index is 1530. The molecule has 4 rings (SSSR count). The van der Waals surface area contributed by atoms with Gasteiger partial charge in [0, 0.05) is 38.4 Å². The van der Waals surface area contributed by atoms with Gasteiger partial charge in [-0.05, 0) is 92.6 Å². The summed E-state index contributed by atoms with van der Waals surface area (Å²) in [5.74, 6) is 0.261. The highest BCUT2D eigenvalue weighted by Crippen LogP contribution is 2.26. The fourth-order valence-electron chi connectivity index (χ4n) is 4.05. The first kappa shape index (κ1) is 26.1. The first-order valence-corrected chi connectivity index (χ1v) is 12.4. The van der Waals surface area contributed by atoms with Crippen molar-refractivity contribution in [3.63, 3.8) is 0 Å². The molecule has 0 saturated heterocycles. The summed E-state index contributed by atoms with van der Waals surface area (Å²) in [6.45, 7) is 6.21. The van der Waals surface area contributed by atoms with E-state index in [1.165, 1.54) is 0 Å². The molecule has 0 bridgehead atoms. The van der Waals surface area contributed by atoms with Crippen molar-refractivity contribution in [2.75, 3.05) is 5.32 Å². The zero-order valence-electron chi connectivity index (χ0n) is 20.7. The molecule has 1 heterocycles. The van der Waals surface area contributed by atoms with Crippen LogP contribution in [-0.2, 0) is 11.4 Å². The minimum Gasteiger partial charge on any atom is -0.489 e. The van der Waals surface area contributed by atoms with Crippen molar-refractivity contribution in [3.8, 4) is 17.5 Å². The van der Waals surface area contributed by atoms with Crippen LogP contribution in [0.1, 0.15) is 28.1 Å². The summed E-state index contributed by atoms with van der Waals surface area (Å²) in [4.78, 5) is 12.7. The van der Waals surface area contributed by atoms with E-state index in [0.29, 0.717) is 28.1 Å². The number of benzene rings is 3. The molecule has 5 nitrogen and oxygen atoms in total. The number of carbonyl (C=O) groups excluding carboxylic acids is 1. The van der Waals surface area contributed by atoms with Gasteiger partial charge in [0.15, 0.2) is 0 Å². The average molecular weight is 530 g/mol. The first-order chi connectivity index (χ1) is 17.7. The van der Waals surface area contributed by atoms with Crippen molar-refractivity contribution in [1.29, 1.82) is 5.26 Å². The molecular weight excluding hydrogens is 505 g/mol. The minimum absolute atomic E-state index is 0.0337. The van der Waals surface area contributed by atoms with Crippen molar-refractivity contribution in [2.45, 2.75) is 27.4 Å². The van der Waals surface area contributed by atoms with Crippen LogP contribution < -0.4 is 10.1 Å². The molecule has 0 aliphatic carbocycles. The van der Waals surface area contributed by atoms with Crippen LogP contribution in [0, 0.1) is 32.1 Å². The Balaban J connectivity index is 1.51. The molecule has 0 radical (unpaired) electrons. The highest BCUT2D eigenvalue weighted by molar-refractivity contribution is 6.35. The molecule has 0 aliphatic rings. The molecule has 1 aromatic heterocycles. The number of ether oxygens (including phenoxy) is 1. The van der Waals surface area contributed by atoms with Gasteiger partial charge in [-0.1, -0.05) is 41.4 Å². The maximum Gasteiger partial charge on any atom is 0.266 e. The minimum atomic E-state index is -0.444. The number of nitrogens with zero attached hydrogens (tertiary/aromatic N) is 2. The van der Waals surface area contributed by atoms with Crippen LogP contribution in [-0.4, -0.2) is 10.5 Å². The van der Waals surface area contributed by atoms with Crippen LogP contribution in [0.2, 0.25) is 10.0 Å². The number of aromatic nitrogens is 1. The van der Waals surface area contributed by atoms with Gasteiger partial charge in [-0.15, -0.1) is 0 Å². The number of nitrogens with one attached hydrogen (secondary N) is 1. The molecule has 4 aromatic rings. The zero-order chi connectivity index (χ0) is 26.5. The first-order valence-electron chi connectivity index (χ1n) is 11.6. The fraction of sp³-hybridized carbons (Fsp3) is 0.133. The lowest BCUT2D eigenvalue weighted by Gasteiger charge is -2.12. The Morgan fingerprint density at radius 1 is 1.03 bits per heavy atom. The molecule has 0 fully saturated rings. The largest absolute Gasteiger partial charge is 0.489 e. The van der Waals surface area contributed by atoms with Gasteiger partial charge in [-0.2, -0.15) is 5.26 Å². The van der Waals surface area contributed by atoms with Gasteiger partial charge in [0.25, 0.3) is 5.91 Å². The van der Waals surface area contributed by atoms with E-state index in [1.54, 1.807) is 24.3 Å². The number of anilines is 1. The Hall–Kier alpha value is -3.98. The molecule has 1 amide bonds. The highest BCUT2D eigenvalue weighted by Gasteiger charge is 2.14. The molecule has 0 atom stereocenters. The lowest BCUT2D eigenvalue weighted by Crippen LogP contribution is -2.13. The van der Waals surface area contributed by atoms with E-state index in [1.807, 2.05) is 81.4 Å². The van der Waals surface area contributed by atoms with E-state index in [0.717, 1.165) is 33.8 Å². The SMILES string of the molecule is Cc1cccc(NC(=O)/C(C#N)=C\c2cc(C)n(-c3ccc(OCc4ccc(Cl)cc4Cl)cc3)c2C)c1. The summed E-state index contributed by atoms with van der Waals surface area (Å²) in [5.41, 5.74) is 6.18. The molecule has 0 unspecified atom stereocenters. The van der Waals surface area contributed by atoms with Gasteiger partial charge in [-0.3, -0.25) is 4.79 Å². The number of hydrogen-bond acceptors (Lipinski definition) is 3. The summed E-state index contributed by atoms with van der Waals surface area (Å²) in [7, 11) is 0. The second kappa shape index (κ2) is 11.4. The molecule has 0 aliphatic heterocycles. The van der Waals surface area contributed by atoms with Crippen LogP contribution in [0.25, 0.3) is 11.8 Å².